The van der Waals surface area contributed by atoms with Gasteiger partial charge < -0.3 is 15.4 Å². The van der Waals surface area contributed by atoms with Crippen LogP contribution in [0.2, 0.25) is 0 Å². The number of anilines is 1. The van der Waals surface area contributed by atoms with Crippen LogP contribution in [0.5, 0.6) is 0 Å². The SMILES string of the molecule is C=C(C)OCCN1C=Cc2c(N)cccc2C1=C. The van der Waals surface area contributed by atoms with Gasteiger partial charge in [-0.2, -0.15) is 0 Å². The molecule has 0 aliphatic carbocycles. The molecule has 0 amide bonds. The van der Waals surface area contributed by atoms with E-state index >= 15 is 0 Å². The van der Waals surface area contributed by atoms with Gasteiger partial charge in [-0.15, -0.1) is 0 Å². The van der Waals surface area contributed by atoms with Gasteiger partial charge in [0.15, 0.2) is 0 Å². The Bertz CT molecular complexity index is 517. The maximum atomic E-state index is 5.94. The molecule has 1 aromatic carbocycles. The third-order valence-electron chi connectivity index (χ3n) is 2.90. The van der Waals surface area contributed by atoms with Crippen molar-refractivity contribution in [1.82, 2.24) is 4.90 Å². The molecule has 2 rings (SSSR count). The summed E-state index contributed by atoms with van der Waals surface area (Å²) in [5.41, 5.74) is 9.79. The summed E-state index contributed by atoms with van der Waals surface area (Å²) in [4.78, 5) is 2.06. The van der Waals surface area contributed by atoms with Crippen molar-refractivity contribution in [3.63, 3.8) is 0 Å². The summed E-state index contributed by atoms with van der Waals surface area (Å²) in [5, 5.41) is 0. The molecular weight excluding hydrogens is 224 g/mol. The molecule has 3 nitrogen and oxygen atoms in total. The molecule has 3 heteroatoms. The summed E-state index contributed by atoms with van der Waals surface area (Å²) in [7, 11) is 0. The van der Waals surface area contributed by atoms with Crippen LogP contribution < -0.4 is 5.73 Å². The smallest absolute Gasteiger partial charge is 0.106 e. The lowest BCUT2D eigenvalue weighted by Gasteiger charge is -2.28. The van der Waals surface area contributed by atoms with Gasteiger partial charge in [0.25, 0.3) is 0 Å². The Morgan fingerprint density at radius 3 is 2.94 bits per heavy atom. The number of nitrogen functional groups attached to an aromatic ring is 1. The summed E-state index contributed by atoms with van der Waals surface area (Å²) in [6.45, 7) is 11.0. The Morgan fingerprint density at radius 2 is 2.22 bits per heavy atom. The van der Waals surface area contributed by atoms with Gasteiger partial charge in [0, 0.05) is 28.7 Å². The number of hydrogen-bond acceptors (Lipinski definition) is 3. The molecule has 1 heterocycles. The van der Waals surface area contributed by atoms with Gasteiger partial charge in [-0.1, -0.05) is 25.3 Å². The molecule has 2 N–H and O–H groups in total. The molecule has 0 bridgehead atoms. The van der Waals surface area contributed by atoms with Crippen LogP contribution in [-0.4, -0.2) is 18.1 Å². The summed E-state index contributed by atoms with van der Waals surface area (Å²) in [5.74, 6) is 0.728. The maximum absolute atomic E-state index is 5.94. The summed E-state index contributed by atoms with van der Waals surface area (Å²) in [6, 6.07) is 5.88. The van der Waals surface area contributed by atoms with Crippen LogP contribution in [-0.2, 0) is 4.74 Å². The lowest BCUT2D eigenvalue weighted by atomic mass is 10.00. The number of nitrogens with zero attached hydrogens (tertiary/aromatic N) is 1. The third kappa shape index (κ3) is 2.40. The molecule has 1 aromatic rings. The Hall–Kier alpha value is -2.16. The topological polar surface area (TPSA) is 38.5 Å². The molecule has 0 unspecified atom stereocenters. The second-order valence-electron chi connectivity index (χ2n) is 4.31. The number of nitrogens with two attached hydrogens (primary N) is 1. The Balaban J connectivity index is 2.12. The quantitative estimate of drug-likeness (QED) is 0.651. The van der Waals surface area contributed by atoms with Gasteiger partial charge in [-0.3, -0.25) is 0 Å². The minimum Gasteiger partial charge on any atom is -0.497 e. The van der Waals surface area contributed by atoms with Crippen LogP contribution in [0.25, 0.3) is 11.8 Å². The number of rotatable bonds is 4. The van der Waals surface area contributed by atoms with Crippen LogP contribution in [0.15, 0.2) is 43.3 Å². The highest BCUT2D eigenvalue weighted by molar-refractivity contribution is 5.82. The van der Waals surface area contributed by atoms with Gasteiger partial charge in [0.2, 0.25) is 0 Å². The van der Waals surface area contributed by atoms with Crippen molar-refractivity contribution in [2.75, 3.05) is 18.9 Å². The number of fused-ring (bicyclic) bond motifs is 1. The van der Waals surface area contributed by atoms with E-state index in [0.717, 1.165) is 34.8 Å². The lowest BCUT2D eigenvalue weighted by Crippen LogP contribution is -2.23. The zero-order valence-corrected chi connectivity index (χ0v) is 10.6. The average molecular weight is 242 g/mol. The average Bonchev–Trinajstić information content (AvgIpc) is 2.32. The van der Waals surface area contributed by atoms with Crippen LogP contribution in [0.4, 0.5) is 5.69 Å². The van der Waals surface area contributed by atoms with Crippen LogP contribution >= 0.6 is 0 Å². The highest BCUT2D eigenvalue weighted by Crippen LogP contribution is 2.31. The second-order valence-corrected chi connectivity index (χ2v) is 4.31. The standard InChI is InChI=1S/C15H18N2O/c1-11(2)18-10-9-17-8-7-14-13(12(17)3)5-4-6-15(14)16/h4-8H,1,3,9-10,16H2,2H3. The largest absolute Gasteiger partial charge is 0.497 e. The zero-order chi connectivity index (χ0) is 13.1. The predicted molar refractivity (Wildman–Crippen MR) is 76.4 cm³/mol. The molecular formula is C15H18N2O. The third-order valence-corrected chi connectivity index (χ3v) is 2.90. The van der Waals surface area contributed by atoms with Crippen molar-refractivity contribution in [3.8, 4) is 0 Å². The molecule has 0 fully saturated rings. The number of hydrogen-bond donors (Lipinski definition) is 1. The Labute approximate surface area is 108 Å². The number of ether oxygens (including phenoxy) is 1. The lowest BCUT2D eigenvalue weighted by molar-refractivity contribution is 0.200. The van der Waals surface area contributed by atoms with Gasteiger partial charge in [0.05, 0.1) is 12.3 Å². The van der Waals surface area contributed by atoms with E-state index in [2.05, 4.69) is 18.1 Å². The first kappa shape index (κ1) is 12.3. The molecule has 0 atom stereocenters. The van der Waals surface area contributed by atoms with E-state index in [1.165, 1.54) is 0 Å². The first-order chi connectivity index (χ1) is 8.59. The fourth-order valence-electron chi connectivity index (χ4n) is 1.96. The first-order valence-electron chi connectivity index (χ1n) is 5.90. The molecule has 94 valence electrons. The van der Waals surface area contributed by atoms with Crippen molar-refractivity contribution in [1.29, 1.82) is 0 Å². The van der Waals surface area contributed by atoms with Gasteiger partial charge in [0.1, 0.15) is 6.61 Å². The molecule has 18 heavy (non-hydrogen) atoms. The number of allylic oxidation sites excluding steroid dienone is 1. The van der Waals surface area contributed by atoms with E-state index in [1.807, 2.05) is 37.4 Å². The summed E-state index contributed by atoms with van der Waals surface area (Å²) >= 11 is 0. The monoisotopic (exact) mass is 242 g/mol. The fourth-order valence-corrected chi connectivity index (χ4v) is 1.96. The maximum Gasteiger partial charge on any atom is 0.106 e. The van der Waals surface area contributed by atoms with Gasteiger partial charge >= 0.3 is 0 Å². The van der Waals surface area contributed by atoms with Crippen molar-refractivity contribution >= 4 is 17.5 Å². The van der Waals surface area contributed by atoms with Crippen molar-refractivity contribution < 1.29 is 4.74 Å². The van der Waals surface area contributed by atoms with Crippen molar-refractivity contribution in [2.45, 2.75) is 6.92 Å². The van der Waals surface area contributed by atoms with Crippen molar-refractivity contribution in [3.05, 3.63) is 54.4 Å². The molecule has 0 saturated carbocycles. The molecule has 0 saturated heterocycles. The highest BCUT2D eigenvalue weighted by atomic mass is 16.5. The second kappa shape index (κ2) is 5.00. The summed E-state index contributed by atoms with van der Waals surface area (Å²) in [6.07, 6.45) is 4.00. The van der Waals surface area contributed by atoms with E-state index in [0.29, 0.717) is 6.61 Å². The zero-order valence-electron chi connectivity index (χ0n) is 10.6. The molecule has 1 aliphatic heterocycles. The van der Waals surface area contributed by atoms with Gasteiger partial charge in [-0.05, 0) is 19.1 Å². The summed E-state index contributed by atoms with van der Waals surface area (Å²) < 4.78 is 5.37. The highest BCUT2D eigenvalue weighted by Gasteiger charge is 2.16. The van der Waals surface area contributed by atoms with Crippen molar-refractivity contribution in [2.24, 2.45) is 0 Å². The first-order valence-corrected chi connectivity index (χ1v) is 5.90. The molecule has 0 radical (unpaired) electrons. The fraction of sp³-hybridized carbons (Fsp3) is 0.200. The van der Waals surface area contributed by atoms with E-state index in [4.69, 9.17) is 10.5 Å². The molecule has 1 aliphatic rings. The number of benzene rings is 1. The van der Waals surface area contributed by atoms with Gasteiger partial charge in [-0.25, -0.2) is 0 Å². The predicted octanol–water partition coefficient (Wildman–Crippen LogP) is 3.08. The molecule has 0 spiro atoms. The Morgan fingerprint density at radius 1 is 1.44 bits per heavy atom. The minimum atomic E-state index is 0.594. The Kier molecular flexibility index (Phi) is 3.42. The van der Waals surface area contributed by atoms with Crippen LogP contribution in [0.1, 0.15) is 18.1 Å². The minimum absolute atomic E-state index is 0.594. The van der Waals surface area contributed by atoms with E-state index < -0.39 is 0 Å². The van der Waals surface area contributed by atoms with E-state index in [9.17, 15) is 0 Å². The van der Waals surface area contributed by atoms with Crippen LogP contribution in [0.3, 0.4) is 0 Å². The van der Waals surface area contributed by atoms with Crippen LogP contribution in [0, 0.1) is 0 Å². The van der Waals surface area contributed by atoms with E-state index in [1.54, 1.807) is 0 Å². The molecule has 0 aromatic heterocycles. The normalized spacial score (nSPS) is 13.4. The van der Waals surface area contributed by atoms with E-state index in [-0.39, 0.29) is 0 Å².